The molecule has 3 rings (SSSR count). The van der Waals surface area contributed by atoms with Gasteiger partial charge in [0.1, 0.15) is 0 Å². The van der Waals surface area contributed by atoms with Crippen molar-refractivity contribution < 1.29 is 9.59 Å². The lowest BCUT2D eigenvalue weighted by atomic mass is 10.1. The molecule has 0 aromatic heterocycles. The Labute approximate surface area is 125 Å². The van der Waals surface area contributed by atoms with Crippen LogP contribution in [0.15, 0.2) is 53.0 Å². The van der Waals surface area contributed by atoms with Gasteiger partial charge in [-0.25, -0.2) is 0 Å². The topological polar surface area (TPSA) is 37.4 Å². The van der Waals surface area contributed by atoms with Gasteiger partial charge in [-0.3, -0.25) is 9.59 Å². The maximum atomic E-state index is 12.3. The summed E-state index contributed by atoms with van der Waals surface area (Å²) in [5.41, 5.74) is 2.29. The molecule has 0 spiro atoms. The summed E-state index contributed by atoms with van der Waals surface area (Å²) in [5.74, 6) is -0.125. The summed E-state index contributed by atoms with van der Waals surface area (Å²) in [4.78, 5) is 26.1. The highest BCUT2D eigenvalue weighted by atomic mass is 79.9. The lowest BCUT2D eigenvalue weighted by Gasteiger charge is -2.15. The van der Waals surface area contributed by atoms with Crippen molar-refractivity contribution in [1.29, 1.82) is 0 Å². The van der Waals surface area contributed by atoms with E-state index in [1.165, 1.54) is 0 Å². The van der Waals surface area contributed by atoms with Gasteiger partial charge in [-0.15, -0.1) is 0 Å². The second kappa shape index (κ2) is 5.21. The first-order chi connectivity index (χ1) is 9.66. The first-order valence-corrected chi connectivity index (χ1v) is 7.11. The van der Waals surface area contributed by atoms with E-state index >= 15 is 0 Å². The average Bonchev–Trinajstić information content (AvgIpc) is 2.76. The van der Waals surface area contributed by atoms with Gasteiger partial charge in [-0.2, -0.15) is 0 Å². The molecule has 0 fully saturated rings. The third-order valence-electron chi connectivity index (χ3n) is 3.40. The molecule has 4 heteroatoms. The number of carbonyl (C=O) groups excluding carboxylic acids is 2. The predicted molar refractivity (Wildman–Crippen MR) is 79.7 cm³/mol. The van der Waals surface area contributed by atoms with E-state index in [0.29, 0.717) is 17.7 Å². The molecular weight excluding hydrogens is 318 g/mol. The van der Waals surface area contributed by atoms with Gasteiger partial charge in [-0.05, 0) is 17.7 Å². The Morgan fingerprint density at radius 1 is 1.10 bits per heavy atom. The lowest BCUT2D eigenvalue weighted by Crippen LogP contribution is -2.30. The van der Waals surface area contributed by atoms with Crippen LogP contribution in [0.4, 0.5) is 0 Å². The second-order valence-corrected chi connectivity index (χ2v) is 5.58. The number of hydrogen-bond acceptors (Lipinski definition) is 2. The van der Waals surface area contributed by atoms with Gasteiger partial charge in [0.05, 0.1) is 6.54 Å². The summed E-state index contributed by atoms with van der Waals surface area (Å²) in [6.45, 7) is 0.612. The van der Waals surface area contributed by atoms with Gasteiger partial charge in [0.2, 0.25) is 0 Å². The van der Waals surface area contributed by atoms with Gasteiger partial charge in [0.15, 0.2) is 5.78 Å². The van der Waals surface area contributed by atoms with Crippen LogP contribution in [-0.4, -0.2) is 23.1 Å². The standard InChI is InChI=1S/C16H12BrNO2/c17-14-8-4-3-7-13(14)15(19)10-18-9-11-5-1-2-6-12(11)16(18)20/h1-8H,9-10H2. The Morgan fingerprint density at radius 2 is 1.80 bits per heavy atom. The molecule has 1 aliphatic heterocycles. The summed E-state index contributed by atoms with van der Waals surface area (Å²) in [5, 5.41) is 0. The molecule has 100 valence electrons. The van der Waals surface area contributed by atoms with Gasteiger partial charge in [-0.1, -0.05) is 52.3 Å². The molecular formula is C16H12BrNO2. The Balaban J connectivity index is 1.79. The van der Waals surface area contributed by atoms with E-state index in [2.05, 4.69) is 15.9 Å². The maximum absolute atomic E-state index is 12.3. The van der Waals surface area contributed by atoms with Crippen LogP contribution < -0.4 is 0 Å². The average molecular weight is 330 g/mol. The molecule has 20 heavy (non-hydrogen) atoms. The molecule has 1 heterocycles. The number of halogens is 1. The molecule has 0 bridgehead atoms. The lowest BCUT2D eigenvalue weighted by molar-refractivity contribution is 0.0728. The molecule has 3 nitrogen and oxygen atoms in total. The number of benzene rings is 2. The highest BCUT2D eigenvalue weighted by Crippen LogP contribution is 2.23. The van der Waals surface area contributed by atoms with Crippen molar-refractivity contribution in [3.8, 4) is 0 Å². The van der Waals surface area contributed by atoms with Crippen LogP contribution in [-0.2, 0) is 6.54 Å². The van der Waals surface area contributed by atoms with Crippen LogP contribution in [0, 0.1) is 0 Å². The van der Waals surface area contributed by atoms with Gasteiger partial charge in [0, 0.05) is 22.1 Å². The summed E-state index contributed by atoms with van der Waals surface area (Å²) in [6, 6.07) is 14.8. The van der Waals surface area contributed by atoms with Crippen LogP contribution in [0.2, 0.25) is 0 Å². The largest absolute Gasteiger partial charge is 0.327 e. The quantitative estimate of drug-likeness (QED) is 0.810. The molecule has 2 aromatic rings. The zero-order chi connectivity index (χ0) is 14.1. The van der Waals surface area contributed by atoms with E-state index in [0.717, 1.165) is 10.0 Å². The zero-order valence-electron chi connectivity index (χ0n) is 10.7. The van der Waals surface area contributed by atoms with E-state index in [-0.39, 0.29) is 18.2 Å². The van der Waals surface area contributed by atoms with Gasteiger partial charge >= 0.3 is 0 Å². The molecule has 1 amide bonds. The van der Waals surface area contributed by atoms with Crippen molar-refractivity contribution >= 4 is 27.6 Å². The SMILES string of the molecule is O=C(CN1Cc2ccccc2C1=O)c1ccccc1Br. The van der Waals surface area contributed by atoms with Crippen LogP contribution in [0.25, 0.3) is 0 Å². The minimum absolute atomic E-state index is 0.0568. The van der Waals surface area contributed by atoms with Crippen LogP contribution in [0.5, 0.6) is 0 Å². The number of nitrogens with zero attached hydrogens (tertiary/aromatic N) is 1. The molecule has 0 atom stereocenters. The monoisotopic (exact) mass is 329 g/mol. The van der Waals surface area contributed by atoms with Crippen molar-refractivity contribution in [3.05, 3.63) is 69.7 Å². The Hall–Kier alpha value is -1.94. The fraction of sp³-hybridized carbons (Fsp3) is 0.125. The van der Waals surface area contributed by atoms with Crippen molar-refractivity contribution in [3.63, 3.8) is 0 Å². The maximum Gasteiger partial charge on any atom is 0.254 e. The summed E-state index contributed by atoms with van der Waals surface area (Å²) in [7, 11) is 0. The fourth-order valence-corrected chi connectivity index (χ4v) is 2.89. The fourth-order valence-electron chi connectivity index (χ4n) is 2.39. The number of amides is 1. The molecule has 2 aromatic carbocycles. The Kier molecular flexibility index (Phi) is 3.40. The molecule has 1 aliphatic rings. The highest BCUT2D eigenvalue weighted by Gasteiger charge is 2.28. The van der Waals surface area contributed by atoms with E-state index in [1.807, 2.05) is 36.4 Å². The highest BCUT2D eigenvalue weighted by molar-refractivity contribution is 9.10. The molecule has 0 radical (unpaired) electrons. The number of rotatable bonds is 3. The second-order valence-electron chi connectivity index (χ2n) is 4.72. The number of ketones is 1. The Morgan fingerprint density at radius 3 is 2.55 bits per heavy atom. The van der Waals surface area contributed by atoms with Crippen LogP contribution in [0.3, 0.4) is 0 Å². The normalized spacial score (nSPS) is 13.4. The van der Waals surface area contributed by atoms with E-state index in [1.54, 1.807) is 17.0 Å². The first kappa shape index (κ1) is 13.1. The minimum atomic E-state index is -0.0685. The van der Waals surface area contributed by atoms with E-state index < -0.39 is 0 Å². The third kappa shape index (κ3) is 2.27. The van der Waals surface area contributed by atoms with Crippen molar-refractivity contribution in [1.82, 2.24) is 4.90 Å². The smallest absolute Gasteiger partial charge is 0.254 e. The Bertz CT molecular complexity index is 696. The summed E-state index contributed by atoms with van der Waals surface area (Å²) >= 11 is 3.37. The molecule has 0 aliphatic carbocycles. The minimum Gasteiger partial charge on any atom is -0.327 e. The van der Waals surface area contributed by atoms with E-state index in [4.69, 9.17) is 0 Å². The number of fused-ring (bicyclic) bond motifs is 1. The van der Waals surface area contributed by atoms with Gasteiger partial charge < -0.3 is 4.90 Å². The number of hydrogen-bond donors (Lipinski definition) is 0. The molecule has 0 saturated carbocycles. The van der Waals surface area contributed by atoms with Crippen molar-refractivity contribution in [2.24, 2.45) is 0 Å². The van der Waals surface area contributed by atoms with Crippen LogP contribution >= 0.6 is 15.9 Å². The number of carbonyl (C=O) groups is 2. The van der Waals surface area contributed by atoms with E-state index in [9.17, 15) is 9.59 Å². The summed E-state index contributed by atoms with van der Waals surface area (Å²) < 4.78 is 0.758. The predicted octanol–water partition coefficient (Wildman–Crippen LogP) is 3.29. The molecule has 0 saturated heterocycles. The van der Waals surface area contributed by atoms with Crippen LogP contribution in [0.1, 0.15) is 26.3 Å². The van der Waals surface area contributed by atoms with Crippen molar-refractivity contribution in [2.45, 2.75) is 6.54 Å². The summed E-state index contributed by atoms with van der Waals surface area (Å²) in [6.07, 6.45) is 0. The number of Topliss-reactive ketones (excluding diaryl/α,β-unsaturated/α-hetero) is 1. The molecule has 0 unspecified atom stereocenters. The van der Waals surface area contributed by atoms with Gasteiger partial charge in [0.25, 0.3) is 5.91 Å². The first-order valence-electron chi connectivity index (χ1n) is 6.32. The van der Waals surface area contributed by atoms with Crippen molar-refractivity contribution in [2.75, 3.05) is 6.54 Å². The third-order valence-corrected chi connectivity index (χ3v) is 4.10. The molecule has 0 N–H and O–H groups in total. The zero-order valence-corrected chi connectivity index (χ0v) is 12.3.